The van der Waals surface area contributed by atoms with E-state index >= 15 is 0 Å². The van der Waals surface area contributed by atoms with Crippen molar-refractivity contribution in [1.82, 2.24) is 0 Å². The number of hydrogen-bond donors (Lipinski definition) is 0. The van der Waals surface area contributed by atoms with Crippen molar-refractivity contribution in [2.24, 2.45) is 0 Å². The lowest BCUT2D eigenvalue weighted by atomic mass is 10.0. The Labute approximate surface area is 477 Å². The number of esters is 3. The third kappa shape index (κ3) is 63.0. The van der Waals surface area contributed by atoms with E-state index in [0.29, 0.717) is 19.3 Å². The molecule has 0 aliphatic rings. The molecule has 0 saturated heterocycles. The fourth-order valence-electron chi connectivity index (χ4n) is 9.17. The van der Waals surface area contributed by atoms with Gasteiger partial charge in [-0.1, -0.05) is 298 Å². The van der Waals surface area contributed by atoms with Crippen molar-refractivity contribution in [3.05, 3.63) is 97.2 Å². The van der Waals surface area contributed by atoms with Gasteiger partial charge in [0.1, 0.15) is 13.2 Å². The molecule has 6 nitrogen and oxygen atoms in total. The second kappa shape index (κ2) is 64.9. The molecule has 0 radical (unpaired) electrons. The van der Waals surface area contributed by atoms with E-state index in [-0.39, 0.29) is 31.1 Å². The molecule has 0 rings (SSSR count). The van der Waals surface area contributed by atoms with Crippen LogP contribution in [-0.4, -0.2) is 37.2 Å². The molecule has 6 heteroatoms. The number of ether oxygens (including phenoxy) is 3. The van der Waals surface area contributed by atoms with Crippen LogP contribution >= 0.6 is 0 Å². The summed E-state index contributed by atoms with van der Waals surface area (Å²) in [6, 6.07) is 0. The van der Waals surface area contributed by atoms with Crippen LogP contribution in [0.25, 0.3) is 0 Å². The Hall–Kier alpha value is -3.67. The highest BCUT2D eigenvalue weighted by Crippen LogP contribution is 2.17. The van der Waals surface area contributed by atoms with Gasteiger partial charge in [0.2, 0.25) is 0 Å². The van der Waals surface area contributed by atoms with Crippen molar-refractivity contribution >= 4 is 17.9 Å². The third-order valence-corrected chi connectivity index (χ3v) is 14.1. The fourth-order valence-corrected chi connectivity index (χ4v) is 9.17. The predicted molar refractivity (Wildman–Crippen MR) is 334 cm³/mol. The Morgan fingerprint density at radius 2 is 0.519 bits per heavy atom. The molecule has 0 N–H and O–H groups in total. The van der Waals surface area contributed by atoms with Gasteiger partial charge in [-0.15, -0.1) is 0 Å². The lowest BCUT2D eigenvalue weighted by Gasteiger charge is -2.18. The van der Waals surface area contributed by atoms with Crippen LogP contribution in [0, 0.1) is 0 Å². The standard InChI is InChI=1S/C71H122O6/c1-4-7-10-13-16-19-22-24-26-28-30-32-33-34-35-36-37-39-40-42-44-46-49-52-55-58-61-64-70(73)76-67-68(66-75-69(72)63-60-57-54-51-48-21-18-15-12-9-6-3)77-71(74)65-62-59-56-53-50-47-45-43-41-38-31-29-27-25-23-20-17-14-11-8-5-2/h7,10,15-16,18-19,24,26,30,32,34-35,37,39,42,44,68H,4-6,8-9,11-14,17,20-23,25,27-29,31,33,36,38,40-41,43,45-67H2,1-3H3/b10-7-,18-15-,19-16-,26-24-,32-30-,35-34-,39-37-,44-42-. The minimum Gasteiger partial charge on any atom is -0.462 e. The topological polar surface area (TPSA) is 78.9 Å². The van der Waals surface area contributed by atoms with Gasteiger partial charge in [0.15, 0.2) is 6.10 Å². The molecule has 0 aromatic carbocycles. The van der Waals surface area contributed by atoms with Gasteiger partial charge in [-0.2, -0.15) is 0 Å². The van der Waals surface area contributed by atoms with Crippen molar-refractivity contribution in [3.63, 3.8) is 0 Å². The summed E-state index contributed by atoms with van der Waals surface area (Å²) in [6.07, 6.45) is 87.1. The van der Waals surface area contributed by atoms with Crippen LogP contribution in [0.3, 0.4) is 0 Å². The Morgan fingerprint density at radius 1 is 0.273 bits per heavy atom. The summed E-state index contributed by atoms with van der Waals surface area (Å²) >= 11 is 0. The van der Waals surface area contributed by atoms with E-state index in [4.69, 9.17) is 14.2 Å². The highest BCUT2D eigenvalue weighted by atomic mass is 16.6. The maximum atomic E-state index is 12.9. The predicted octanol–water partition coefficient (Wildman–Crippen LogP) is 22.4. The SMILES string of the molecule is CC/C=C\C/C=C\C/C=C\C/C=C\C/C=C\C/C=C\C/C=C\CCCCCCCC(=O)OCC(COC(=O)CCCCCCC/C=C\CCCC)OC(=O)CCCCCCCCCCCCCCCCCCCCCCC. The first-order chi connectivity index (χ1) is 38.0. The normalized spacial score (nSPS) is 12.7. The summed E-state index contributed by atoms with van der Waals surface area (Å²) in [5, 5.41) is 0. The van der Waals surface area contributed by atoms with Gasteiger partial charge in [0.05, 0.1) is 0 Å². The minimum absolute atomic E-state index is 0.0859. The van der Waals surface area contributed by atoms with Gasteiger partial charge in [0.25, 0.3) is 0 Å². The van der Waals surface area contributed by atoms with E-state index in [9.17, 15) is 14.4 Å². The molecule has 1 atom stereocenters. The molecule has 0 aliphatic heterocycles. The Morgan fingerprint density at radius 3 is 0.844 bits per heavy atom. The monoisotopic (exact) mass is 1070 g/mol. The van der Waals surface area contributed by atoms with Crippen LogP contribution in [-0.2, 0) is 28.6 Å². The highest BCUT2D eigenvalue weighted by molar-refractivity contribution is 5.71. The van der Waals surface area contributed by atoms with Crippen LogP contribution in [0.15, 0.2) is 97.2 Å². The maximum absolute atomic E-state index is 12.9. The molecule has 0 aromatic heterocycles. The molecule has 0 bridgehead atoms. The van der Waals surface area contributed by atoms with Crippen molar-refractivity contribution in [2.75, 3.05) is 13.2 Å². The van der Waals surface area contributed by atoms with E-state index in [1.807, 2.05) is 0 Å². The molecule has 0 aromatic rings. The molecule has 0 amide bonds. The maximum Gasteiger partial charge on any atom is 0.306 e. The molecule has 77 heavy (non-hydrogen) atoms. The smallest absolute Gasteiger partial charge is 0.306 e. The Bertz CT molecular complexity index is 1510. The number of rotatable bonds is 59. The van der Waals surface area contributed by atoms with Crippen molar-refractivity contribution in [2.45, 2.75) is 322 Å². The average molecular weight is 1070 g/mol. The number of allylic oxidation sites excluding steroid dienone is 16. The summed E-state index contributed by atoms with van der Waals surface area (Å²) in [6.45, 7) is 6.50. The summed E-state index contributed by atoms with van der Waals surface area (Å²) in [5.41, 5.74) is 0. The van der Waals surface area contributed by atoms with Gasteiger partial charge in [0, 0.05) is 19.3 Å². The van der Waals surface area contributed by atoms with Crippen molar-refractivity contribution < 1.29 is 28.6 Å². The molecule has 0 heterocycles. The molecule has 442 valence electrons. The lowest BCUT2D eigenvalue weighted by molar-refractivity contribution is -0.167. The number of carbonyl (C=O) groups is 3. The van der Waals surface area contributed by atoms with E-state index in [0.717, 1.165) is 128 Å². The molecule has 0 spiro atoms. The van der Waals surface area contributed by atoms with Crippen LogP contribution < -0.4 is 0 Å². The average Bonchev–Trinajstić information content (AvgIpc) is 3.43. The molecule has 0 fully saturated rings. The lowest BCUT2D eigenvalue weighted by Crippen LogP contribution is -2.30. The first-order valence-electron chi connectivity index (χ1n) is 32.7. The zero-order valence-corrected chi connectivity index (χ0v) is 50.7. The molecule has 0 aliphatic carbocycles. The first-order valence-corrected chi connectivity index (χ1v) is 32.7. The number of carbonyl (C=O) groups excluding carboxylic acids is 3. The van der Waals surface area contributed by atoms with Crippen molar-refractivity contribution in [1.29, 1.82) is 0 Å². The summed E-state index contributed by atoms with van der Waals surface area (Å²) in [5.74, 6) is -0.903. The first kappa shape index (κ1) is 73.3. The third-order valence-electron chi connectivity index (χ3n) is 14.1. The number of unbranched alkanes of at least 4 members (excludes halogenated alkanes) is 32. The van der Waals surface area contributed by atoms with E-state index < -0.39 is 6.10 Å². The van der Waals surface area contributed by atoms with Crippen molar-refractivity contribution in [3.8, 4) is 0 Å². The molecular formula is C71H122O6. The van der Waals surface area contributed by atoms with Crippen LogP contribution in [0.1, 0.15) is 316 Å². The Kier molecular flexibility index (Phi) is 61.8. The van der Waals surface area contributed by atoms with E-state index in [1.165, 1.54) is 148 Å². The summed E-state index contributed by atoms with van der Waals surface area (Å²) in [4.78, 5) is 38.3. The Balaban J connectivity index is 4.31. The van der Waals surface area contributed by atoms with Gasteiger partial charge in [-0.05, 0) is 96.3 Å². The minimum atomic E-state index is -0.789. The zero-order valence-electron chi connectivity index (χ0n) is 50.7. The summed E-state index contributed by atoms with van der Waals surface area (Å²) < 4.78 is 16.9. The van der Waals surface area contributed by atoms with Gasteiger partial charge in [-0.3, -0.25) is 14.4 Å². The van der Waals surface area contributed by atoms with Gasteiger partial charge >= 0.3 is 17.9 Å². The van der Waals surface area contributed by atoms with E-state index in [2.05, 4.69) is 118 Å². The highest BCUT2D eigenvalue weighted by Gasteiger charge is 2.19. The van der Waals surface area contributed by atoms with Crippen LogP contribution in [0.4, 0.5) is 0 Å². The summed E-state index contributed by atoms with van der Waals surface area (Å²) in [7, 11) is 0. The van der Waals surface area contributed by atoms with Crippen LogP contribution in [0.2, 0.25) is 0 Å². The molecule has 1 unspecified atom stereocenters. The van der Waals surface area contributed by atoms with E-state index in [1.54, 1.807) is 0 Å². The second-order valence-corrected chi connectivity index (χ2v) is 21.6. The molecular weight excluding hydrogens is 949 g/mol. The largest absolute Gasteiger partial charge is 0.462 e. The van der Waals surface area contributed by atoms with Gasteiger partial charge < -0.3 is 14.2 Å². The second-order valence-electron chi connectivity index (χ2n) is 21.6. The molecule has 0 saturated carbocycles. The van der Waals surface area contributed by atoms with Gasteiger partial charge in [-0.25, -0.2) is 0 Å². The number of hydrogen-bond acceptors (Lipinski definition) is 6. The fraction of sp³-hybridized carbons (Fsp3) is 0.732. The zero-order chi connectivity index (χ0) is 55.7. The van der Waals surface area contributed by atoms with Crippen LogP contribution in [0.5, 0.6) is 0 Å². The quantitative estimate of drug-likeness (QED) is 0.0261.